The van der Waals surface area contributed by atoms with E-state index in [-0.39, 0.29) is 5.92 Å². The van der Waals surface area contributed by atoms with Crippen molar-refractivity contribution < 1.29 is 14.2 Å². The van der Waals surface area contributed by atoms with Crippen LogP contribution in [0.15, 0.2) is 83.9 Å². The second-order valence-corrected chi connectivity index (χ2v) is 11.0. The van der Waals surface area contributed by atoms with Crippen molar-refractivity contribution in [1.29, 1.82) is 5.26 Å². The molecule has 4 aromatic rings. The first-order chi connectivity index (χ1) is 21.6. The van der Waals surface area contributed by atoms with Crippen LogP contribution in [0.25, 0.3) is 0 Å². The summed E-state index contributed by atoms with van der Waals surface area (Å²) in [6, 6.07) is 26.8. The van der Waals surface area contributed by atoms with Gasteiger partial charge in [-0.2, -0.15) is 15.2 Å². The van der Waals surface area contributed by atoms with E-state index in [1.807, 2.05) is 61.6 Å². The van der Waals surface area contributed by atoms with Crippen molar-refractivity contribution in [1.82, 2.24) is 19.8 Å². The predicted octanol–water partition coefficient (Wildman–Crippen LogP) is 6.40. The fourth-order valence-electron chi connectivity index (χ4n) is 5.50. The highest BCUT2D eigenvalue weighted by atomic mass is 16.5. The molecule has 0 radical (unpaired) electrons. The quantitative estimate of drug-likeness (QED) is 0.210. The van der Waals surface area contributed by atoms with Crippen molar-refractivity contribution in [3.63, 3.8) is 0 Å². The van der Waals surface area contributed by atoms with Crippen LogP contribution in [0.3, 0.4) is 0 Å². The Morgan fingerprint density at radius 3 is 2.39 bits per heavy atom. The van der Waals surface area contributed by atoms with Crippen LogP contribution in [-0.4, -0.2) is 65.4 Å². The van der Waals surface area contributed by atoms with Gasteiger partial charge in [0.25, 0.3) is 0 Å². The number of aromatic nitrogens is 2. The van der Waals surface area contributed by atoms with Crippen LogP contribution in [0.2, 0.25) is 0 Å². The predicted molar refractivity (Wildman–Crippen MR) is 169 cm³/mol. The number of likely N-dealkylation sites (tertiary alicyclic amines) is 1. The van der Waals surface area contributed by atoms with Gasteiger partial charge in [0.05, 0.1) is 24.2 Å². The third-order valence-electron chi connectivity index (χ3n) is 7.99. The molecule has 0 amide bonds. The first-order valence-electron chi connectivity index (χ1n) is 15.1. The third kappa shape index (κ3) is 6.99. The third-order valence-corrected chi connectivity index (χ3v) is 7.99. The van der Waals surface area contributed by atoms with Gasteiger partial charge in [0, 0.05) is 31.1 Å². The maximum absolute atomic E-state index is 9.60. The van der Waals surface area contributed by atoms with E-state index < -0.39 is 0 Å². The number of likely N-dealkylation sites (N-methyl/N-ethyl adjacent to an activating group) is 1. The van der Waals surface area contributed by atoms with E-state index in [4.69, 9.17) is 24.2 Å². The van der Waals surface area contributed by atoms with E-state index >= 15 is 0 Å². The Hall–Kier alpha value is -4.94. The van der Waals surface area contributed by atoms with Gasteiger partial charge in [-0.05, 0) is 62.3 Å². The number of nitrogens with zero attached hydrogens (tertiary/aromatic N) is 6. The number of rotatable bonds is 10. The van der Waals surface area contributed by atoms with E-state index in [0.29, 0.717) is 47.0 Å². The summed E-state index contributed by atoms with van der Waals surface area (Å²) in [6.45, 7) is 7.25. The molecule has 0 N–H and O–H groups in total. The number of piperidine rings is 1. The summed E-state index contributed by atoms with van der Waals surface area (Å²) < 4.78 is 18.8. The van der Waals surface area contributed by atoms with Gasteiger partial charge < -0.3 is 24.0 Å². The normalized spacial score (nSPS) is 15.5. The molecule has 0 bridgehead atoms. The SMILES string of the molecule is CCN1CCC(c2nc(Oc3cccc(C4=NCCN4C)c3)cc(Oc3cc(C#N)ccc3OCc3ccccc3)n2)CC1. The molecule has 0 saturated carbocycles. The molecule has 224 valence electrons. The largest absolute Gasteiger partial charge is 0.485 e. The lowest BCUT2D eigenvalue weighted by Crippen LogP contribution is -2.33. The minimum Gasteiger partial charge on any atom is -0.485 e. The number of aliphatic imine (C=N–C) groups is 1. The summed E-state index contributed by atoms with van der Waals surface area (Å²) in [4.78, 5) is 18.9. The Balaban J connectivity index is 1.30. The molecule has 1 fully saturated rings. The zero-order valence-electron chi connectivity index (χ0n) is 25.1. The highest BCUT2D eigenvalue weighted by Gasteiger charge is 2.24. The van der Waals surface area contributed by atoms with Crippen molar-refractivity contribution >= 4 is 5.84 Å². The molecule has 9 nitrogen and oxygen atoms in total. The van der Waals surface area contributed by atoms with Crippen LogP contribution in [-0.2, 0) is 6.61 Å². The van der Waals surface area contributed by atoms with E-state index in [9.17, 15) is 5.26 Å². The molecule has 2 aliphatic heterocycles. The summed E-state index contributed by atoms with van der Waals surface area (Å²) in [6.07, 6.45) is 1.90. The van der Waals surface area contributed by atoms with Gasteiger partial charge in [-0.1, -0.05) is 49.4 Å². The van der Waals surface area contributed by atoms with Gasteiger partial charge in [-0.3, -0.25) is 4.99 Å². The van der Waals surface area contributed by atoms with Crippen LogP contribution in [0.1, 0.15) is 48.2 Å². The van der Waals surface area contributed by atoms with Gasteiger partial charge in [0.15, 0.2) is 11.5 Å². The lowest BCUT2D eigenvalue weighted by atomic mass is 9.96. The van der Waals surface area contributed by atoms with Gasteiger partial charge in [0.1, 0.15) is 24.0 Å². The topological polar surface area (TPSA) is 96.1 Å². The van der Waals surface area contributed by atoms with Crippen molar-refractivity contribution in [3.05, 3.63) is 101 Å². The molecule has 1 saturated heterocycles. The molecule has 3 heterocycles. The van der Waals surface area contributed by atoms with Crippen LogP contribution in [0.5, 0.6) is 29.0 Å². The Bertz CT molecular complexity index is 1660. The standard InChI is InChI=1S/C35H36N6O3/c1-3-41-17-14-27(15-18-41)34-38-32(43-29-11-7-10-28(21-29)35-37-16-19-40(35)2)22-33(39-34)44-31-20-26(23-36)12-13-30(31)42-24-25-8-5-4-6-9-25/h4-13,20-22,27H,3,14-19,24H2,1-2H3. The average molecular weight is 589 g/mol. The van der Waals surface area contributed by atoms with Crippen molar-refractivity contribution in [2.75, 3.05) is 39.8 Å². The van der Waals surface area contributed by atoms with Crippen molar-refractivity contribution in [2.45, 2.75) is 32.3 Å². The maximum atomic E-state index is 9.60. The van der Waals surface area contributed by atoms with Gasteiger partial charge >= 0.3 is 0 Å². The monoisotopic (exact) mass is 588 g/mol. The zero-order chi connectivity index (χ0) is 30.3. The molecule has 6 rings (SSSR count). The number of nitriles is 1. The number of amidine groups is 1. The Kier molecular flexibility index (Phi) is 8.99. The maximum Gasteiger partial charge on any atom is 0.226 e. The van der Waals surface area contributed by atoms with E-state index in [0.717, 1.165) is 62.5 Å². The minimum absolute atomic E-state index is 0.177. The summed E-state index contributed by atoms with van der Waals surface area (Å²) in [5.74, 6) is 4.11. The fourth-order valence-corrected chi connectivity index (χ4v) is 5.50. The molecular weight excluding hydrogens is 552 g/mol. The van der Waals surface area contributed by atoms with E-state index in [1.54, 1.807) is 24.3 Å². The van der Waals surface area contributed by atoms with Gasteiger partial charge in [-0.15, -0.1) is 0 Å². The minimum atomic E-state index is 0.177. The van der Waals surface area contributed by atoms with Crippen LogP contribution >= 0.6 is 0 Å². The molecule has 44 heavy (non-hydrogen) atoms. The highest BCUT2D eigenvalue weighted by Crippen LogP contribution is 2.36. The van der Waals surface area contributed by atoms with Gasteiger partial charge in [-0.25, -0.2) is 0 Å². The summed E-state index contributed by atoms with van der Waals surface area (Å²) in [7, 11) is 2.04. The Labute approximate surface area is 258 Å². The van der Waals surface area contributed by atoms with E-state index in [2.05, 4.69) is 27.8 Å². The van der Waals surface area contributed by atoms with Crippen molar-refractivity contribution in [3.8, 4) is 35.1 Å². The first-order valence-corrected chi connectivity index (χ1v) is 15.1. The first kappa shape index (κ1) is 29.1. The molecule has 2 aliphatic rings. The lowest BCUT2D eigenvalue weighted by Gasteiger charge is -2.30. The number of hydrogen-bond donors (Lipinski definition) is 0. The molecule has 1 aromatic heterocycles. The van der Waals surface area contributed by atoms with Crippen LogP contribution in [0, 0.1) is 11.3 Å². The number of ether oxygens (including phenoxy) is 3. The summed E-state index contributed by atoms with van der Waals surface area (Å²) >= 11 is 0. The second-order valence-electron chi connectivity index (χ2n) is 11.0. The molecule has 0 unspecified atom stereocenters. The van der Waals surface area contributed by atoms with Gasteiger partial charge in [0.2, 0.25) is 11.8 Å². The molecule has 3 aromatic carbocycles. The molecule has 0 aliphatic carbocycles. The molecular formula is C35H36N6O3. The highest BCUT2D eigenvalue weighted by molar-refractivity contribution is 5.99. The van der Waals surface area contributed by atoms with Crippen LogP contribution in [0.4, 0.5) is 0 Å². The summed E-state index contributed by atoms with van der Waals surface area (Å²) in [5, 5.41) is 9.60. The lowest BCUT2D eigenvalue weighted by molar-refractivity contribution is 0.218. The Morgan fingerprint density at radius 1 is 0.864 bits per heavy atom. The fraction of sp³-hybridized carbons (Fsp3) is 0.314. The molecule has 0 spiro atoms. The summed E-state index contributed by atoms with van der Waals surface area (Å²) in [5.41, 5.74) is 2.48. The van der Waals surface area contributed by atoms with Crippen molar-refractivity contribution in [2.24, 2.45) is 4.99 Å². The number of benzene rings is 3. The van der Waals surface area contributed by atoms with Crippen LogP contribution < -0.4 is 14.2 Å². The zero-order valence-corrected chi connectivity index (χ0v) is 25.1. The molecule has 0 atom stereocenters. The Morgan fingerprint density at radius 2 is 1.66 bits per heavy atom. The second kappa shape index (κ2) is 13.6. The average Bonchev–Trinajstić information content (AvgIpc) is 3.50. The molecule has 9 heteroatoms. The number of hydrogen-bond acceptors (Lipinski definition) is 9. The smallest absolute Gasteiger partial charge is 0.226 e. The van der Waals surface area contributed by atoms with E-state index in [1.165, 1.54) is 0 Å².